The average molecular weight is 438 g/mol. The summed E-state index contributed by atoms with van der Waals surface area (Å²) in [7, 11) is 5.71. The maximum atomic E-state index is 13.0. The van der Waals surface area contributed by atoms with Gasteiger partial charge >= 0.3 is 0 Å². The molecule has 2 aromatic carbocycles. The summed E-state index contributed by atoms with van der Waals surface area (Å²) in [5.74, 6) is -0.726. The Morgan fingerprint density at radius 3 is 2.56 bits per heavy atom. The van der Waals surface area contributed by atoms with Crippen molar-refractivity contribution < 1.29 is 14.4 Å². The third kappa shape index (κ3) is 5.64. The molecule has 1 aliphatic rings. The fourth-order valence-corrected chi connectivity index (χ4v) is 3.53. The standard InChI is InChI=1S/C24H31N5O3/c1-16-22(30)26-19-15-18(10-11-21(19)29(16)4)23(31)27-20(14-17-8-6-5-7-9-17)24(32)25-12-13-28(2)3/h5-11,15-16,20H,12-14H2,1-4H3,(H,25,32)(H,26,30)(H,27,31)/t16?,20-/m0/s1. The Labute approximate surface area is 189 Å². The number of benzene rings is 2. The minimum Gasteiger partial charge on any atom is -0.361 e. The number of carbonyl (C=O) groups excluding carboxylic acids is 3. The van der Waals surface area contributed by atoms with Crippen LogP contribution in [0.5, 0.6) is 0 Å². The zero-order chi connectivity index (χ0) is 23.3. The molecule has 1 heterocycles. The lowest BCUT2D eigenvalue weighted by Gasteiger charge is -2.33. The first-order valence-electron chi connectivity index (χ1n) is 10.7. The molecule has 0 saturated heterocycles. The molecule has 0 bridgehead atoms. The lowest BCUT2D eigenvalue weighted by atomic mass is 10.0. The second-order valence-electron chi connectivity index (χ2n) is 8.32. The Kier molecular flexibility index (Phi) is 7.48. The predicted octanol–water partition coefficient (Wildman–Crippen LogP) is 1.48. The number of likely N-dealkylation sites (N-methyl/N-ethyl adjacent to an activating group) is 2. The van der Waals surface area contributed by atoms with Crippen molar-refractivity contribution in [1.82, 2.24) is 15.5 Å². The molecule has 0 saturated carbocycles. The normalized spacial score (nSPS) is 16.2. The fraction of sp³-hybridized carbons (Fsp3) is 0.375. The van der Waals surface area contributed by atoms with Gasteiger partial charge in [0.2, 0.25) is 11.8 Å². The first-order valence-corrected chi connectivity index (χ1v) is 10.7. The van der Waals surface area contributed by atoms with Gasteiger partial charge in [0.15, 0.2) is 0 Å². The highest BCUT2D eigenvalue weighted by Crippen LogP contribution is 2.31. The Bertz CT molecular complexity index is 977. The van der Waals surface area contributed by atoms with Crippen LogP contribution in [0.15, 0.2) is 48.5 Å². The summed E-state index contributed by atoms with van der Waals surface area (Å²) in [6.45, 7) is 3.01. The highest BCUT2D eigenvalue weighted by molar-refractivity contribution is 6.06. The van der Waals surface area contributed by atoms with Crippen LogP contribution in [0.1, 0.15) is 22.8 Å². The largest absolute Gasteiger partial charge is 0.361 e. The molecule has 0 spiro atoms. The summed E-state index contributed by atoms with van der Waals surface area (Å²) >= 11 is 0. The number of amides is 3. The Balaban J connectivity index is 1.76. The number of rotatable bonds is 8. The van der Waals surface area contributed by atoms with Crippen LogP contribution in [-0.4, -0.2) is 68.9 Å². The second-order valence-corrected chi connectivity index (χ2v) is 8.32. The van der Waals surface area contributed by atoms with Gasteiger partial charge in [-0.2, -0.15) is 0 Å². The van der Waals surface area contributed by atoms with Crippen molar-refractivity contribution in [2.24, 2.45) is 0 Å². The zero-order valence-corrected chi connectivity index (χ0v) is 19.0. The van der Waals surface area contributed by atoms with E-state index in [9.17, 15) is 14.4 Å². The zero-order valence-electron chi connectivity index (χ0n) is 19.0. The molecule has 3 rings (SSSR count). The van der Waals surface area contributed by atoms with Crippen LogP contribution < -0.4 is 20.9 Å². The molecule has 3 amide bonds. The van der Waals surface area contributed by atoms with E-state index in [-0.39, 0.29) is 23.8 Å². The topological polar surface area (TPSA) is 93.8 Å². The van der Waals surface area contributed by atoms with Crippen LogP contribution >= 0.6 is 0 Å². The lowest BCUT2D eigenvalue weighted by molar-refractivity contribution is -0.123. The van der Waals surface area contributed by atoms with Crippen molar-refractivity contribution in [3.8, 4) is 0 Å². The van der Waals surface area contributed by atoms with Crippen LogP contribution in [0.25, 0.3) is 0 Å². The van der Waals surface area contributed by atoms with E-state index in [1.165, 1.54) is 0 Å². The number of nitrogens with zero attached hydrogens (tertiary/aromatic N) is 2. The van der Waals surface area contributed by atoms with Gasteiger partial charge in [-0.1, -0.05) is 30.3 Å². The van der Waals surface area contributed by atoms with Crippen molar-refractivity contribution >= 4 is 29.1 Å². The van der Waals surface area contributed by atoms with Gasteiger partial charge in [0.05, 0.1) is 11.4 Å². The highest BCUT2D eigenvalue weighted by atomic mass is 16.2. The van der Waals surface area contributed by atoms with E-state index in [4.69, 9.17) is 0 Å². The number of nitrogens with one attached hydrogen (secondary N) is 3. The minimum atomic E-state index is -0.722. The van der Waals surface area contributed by atoms with Crippen molar-refractivity contribution in [3.63, 3.8) is 0 Å². The molecule has 3 N–H and O–H groups in total. The van der Waals surface area contributed by atoms with Gasteiger partial charge in [-0.15, -0.1) is 0 Å². The van der Waals surface area contributed by atoms with E-state index in [0.717, 1.165) is 11.3 Å². The third-order valence-electron chi connectivity index (χ3n) is 5.62. The van der Waals surface area contributed by atoms with E-state index in [1.807, 2.05) is 74.3 Å². The summed E-state index contributed by atoms with van der Waals surface area (Å²) in [5.41, 5.74) is 2.76. The Morgan fingerprint density at radius 1 is 1.16 bits per heavy atom. The van der Waals surface area contributed by atoms with Gasteiger partial charge in [0, 0.05) is 32.1 Å². The van der Waals surface area contributed by atoms with Crippen molar-refractivity contribution in [2.45, 2.75) is 25.4 Å². The molecule has 0 aliphatic carbocycles. The SMILES string of the molecule is CC1C(=O)Nc2cc(C(=O)N[C@@H](Cc3ccccc3)C(=O)NCCN(C)C)ccc2N1C. The fourth-order valence-electron chi connectivity index (χ4n) is 3.53. The molecule has 0 radical (unpaired) electrons. The molecule has 1 unspecified atom stereocenters. The molecule has 0 fully saturated rings. The van der Waals surface area contributed by atoms with Crippen LogP contribution in [0.3, 0.4) is 0 Å². The van der Waals surface area contributed by atoms with Crippen LogP contribution in [0.4, 0.5) is 11.4 Å². The lowest BCUT2D eigenvalue weighted by Crippen LogP contribution is -2.49. The molecule has 1 aliphatic heterocycles. The smallest absolute Gasteiger partial charge is 0.252 e. The predicted molar refractivity (Wildman–Crippen MR) is 126 cm³/mol. The molecule has 32 heavy (non-hydrogen) atoms. The molecule has 8 heteroatoms. The molecule has 170 valence electrons. The molecule has 2 atom stereocenters. The van der Waals surface area contributed by atoms with Gasteiger partial charge in [-0.3, -0.25) is 14.4 Å². The summed E-state index contributed by atoms with van der Waals surface area (Å²) in [5, 5.41) is 8.61. The monoisotopic (exact) mass is 437 g/mol. The quantitative estimate of drug-likeness (QED) is 0.582. The Morgan fingerprint density at radius 2 is 1.88 bits per heavy atom. The van der Waals surface area contributed by atoms with Crippen molar-refractivity contribution in [1.29, 1.82) is 0 Å². The minimum absolute atomic E-state index is 0.125. The molecular weight excluding hydrogens is 406 g/mol. The first-order chi connectivity index (χ1) is 15.3. The number of carbonyl (C=O) groups is 3. The number of fused-ring (bicyclic) bond motifs is 1. The molecular formula is C24H31N5O3. The van der Waals surface area contributed by atoms with E-state index < -0.39 is 6.04 Å². The molecule has 0 aromatic heterocycles. The van der Waals surface area contributed by atoms with Crippen molar-refractivity contribution in [2.75, 3.05) is 44.4 Å². The van der Waals surface area contributed by atoms with Gasteiger partial charge in [0.25, 0.3) is 5.91 Å². The second kappa shape index (κ2) is 10.3. The highest BCUT2D eigenvalue weighted by Gasteiger charge is 2.28. The third-order valence-corrected chi connectivity index (χ3v) is 5.62. The molecule has 2 aromatic rings. The van der Waals surface area contributed by atoms with Gasteiger partial charge in [0.1, 0.15) is 12.1 Å². The first kappa shape index (κ1) is 23.3. The van der Waals surface area contributed by atoms with Crippen molar-refractivity contribution in [3.05, 3.63) is 59.7 Å². The summed E-state index contributed by atoms with van der Waals surface area (Å²) in [4.78, 5) is 41.9. The van der Waals surface area contributed by atoms with E-state index in [1.54, 1.807) is 12.1 Å². The van der Waals surface area contributed by atoms with E-state index in [0.29, 0.717) is 30.8 Å². The van der Waals surface area contributed by atoms with Crippen LogP contribution in [0, 0.1) is 0 Å². The van der Waals surface area contributed by atoms with Crippen LogP contribution in [0.2, 0.25) is 0 Å². The summed E-state index contributed by atoms with van der Waals surface area (Å²) < 4.78 is 0. The number of hydrogen-bond acceptors (Lipinski definition) is 5. The summed E-state index contributed by atoms with van der Waals surface area (Å²) in [6, 6.07) is 13.7. The number of anilines is 2. The molecule has 8 nitrogen and oxygen atoms in total. The van der Waals surface area contributed by atoms with Gasteiger partial charge < -0.3 is 25.8 Å². The number of hydrogen-bond donors (Lipinski definition) is 3. The van der Waals surface area contributed by atoms with Gasteiger partial charge in [-0.05, 0) is 44.8 Å². The van der Waals surface area contributed by atoms with Crippen LogP contribution in [-0.2, 0) is 16.0 Å². The Hall–Kier alpha value is -3.39. The van der Waals surface area contributed by atoms with E-state index in [2.05, 4.69) is 16.0 Å². The summed E-state index contributed by atoms with van der Waals surface area (Å²) in [6.07, 6.45) is 0.377. The maximum absolute atomic E-state index is 13.0. The maximum Gasteiger partial charge on any atom is 0.252 e. The van der Waals surface area contributed by atoms with Gasteiger partial charge in [-0.25, -0.2) is 0 Å². The average Bonchev–Trinajstić information content (AvgIpc) is 2.77. The van der Waals surface area contributed by atoms with E-state index >= 15 is 0 Å².